The first-order chi connectivity index (χ1) is 23.9. The van der Waals surface area contributed by atoms with Gasteiger partial charge in [0.05, 0.1) is 27.2 Å². The Morgan fingerprint density at radius 3 is 2.10 bits per heavy atom. The molecule has 13 heteroatoms. The number of amides is 1. The first kappa shape index (κ1) is 37.2. The minimum atomic E-state index is -4.57. The zero-order chi connectivity index (χ0) is 36.2. The number of carbonyl (C=O) groups is 1. The van der Waals surface area contributed by atoms with Crippen LogP contribution in [0.2, 0.25) is 0 Å². The topological polar surface area (TPSA) is 94.6 Å². The number of fused-ring (bicyclic) bond motifs is 1. The number of piperazine rings is 1. The Balaban J connectivity index is 1.22. The highest BCUT2D eigenvalue weighted by molar-refractivity contribution is 7.91. The van der Waals surface area contributed by atoms with Crippen molar-refractivity contribution in [1.82, 2.24) is 13.7 Å². The maximum Gasteiger partial charge on any atom is 0.341 e. The monoisotopic (exact) mass is 714 g/mol. The van der Waals surface area contributed by atoms with Gasteiger partial charge in [0.25, 0.3) is 0 Å². The molecule has 50 heavy (non-hydrogen) atoms. The fourth-order valence-corrected chi connectivity index (χ4v) is 9.37. The van der Waals surface area contributed by atoms with Crippen LogP contribution < -0.4 is 22.8 Å². The van der Waals surface area contributed by atoms with Crippen LogP contribution in [0.25, 0.3) is 0 Å². The van der Waals surface area contributed by atoms with Crippen LogP contribution in [0, 0.1) is 11.6 Å². The Kier molecular flexibility index (Phi) is 11.5. The molecule has 1 saturated heterocycles. The number of ether oxygens (including phenoxy) is 4. The predicted octanol–water partition coefficient (Wildman–Crippen LogP) is 5.53. The Morgan fingerprint density at radius 2 is 1.48 bits per heavy atom. The minimum Gasteiger partial charge on any atom is -0.493 e. The van der Waals surface area contributed by atoms with Gasteiger partial charge in [0, 0.05) is 45.3 Å². The van der Waals surface area contributed by atoms with E-state index >= 15 is 0 Å². The number of carbonyl (C=O) groups excluding carboxylic acids is 1. The van der Waals surface area contributed by atoms with Crippen LogP contribution in [0.5, 0.6) is 23.0 Å². The highest BCUT2D eigenvalue weighted by atomic mass is 32.2. The zero-order valence-corrected chi connectivity index (χ0v) is 30.3. The average molecular weight is 715 g/mol. The van der Waals surface area contributed by atoms with Crippen molar-refractivity contribution in [1.29, 1.82) is 0 Å². The fourth-order valence-electron chi connectivity index (χ4n) is 6.91. The van der Waals surface area contributed by atoms with Crippen molar-refractivity contribution in [3.63, 3.8) is 0 Å². The van der Waals surface area contributed by atoms with Gasteiger partial charge in [-0.2, -0.15) is 8.42 Å². The summed E-state index contributed by atoms with van der Waals surface area (Å²) >= 11 is 0. The number of halogens is 2. The Morgan fingerprint density at radius 1 is 0.860 bits per heavy atom. The van der Waals surface area contributed by atoms with Crippen molar-refractivity contribution in [2.45, 2.75) is 44.0 Å². The summed E-state index contributed by atoms with van der Waals surface area (Å²) in [6, 6.07) is 10.0. The fraction of sp³-hybridized carbons (Fsp3) is 0.432. The van der Waals surface area contributed by atoms with Crippen molar-refractivity contribution in [3.05, 3.63) is 83.4 Å². The SMILES string of the molecule is COc1cc(CCN2CCN(CC=CCOc3ccc(F)cc3[N+]3(C(C)C)C(=O)C(C)c4ccc(F)cc4S3(=O)=O)CC2)cc(OC)c1OC. The van der Waals surface area contributed by atoms with Crippen molar-refractivity contribution >= 4 is 21.6 Å². The minimum absolute atomic E-state index is 0.0643. The molecule has 2 unspecified atom stereocenters. The summed E-state index contributed by atoms with van der Waals surface area (Å²) in [5, 5.41) is 0. The molecule has 2 aliphatic rings. The van der Waals surface area contributed by atoms with Gasteiger partial charge in [-0.3, -0.25) is 4.90 Å². The highest BCUT2D eigenvalue weighted by Gasteiger charge is 2.62. The lowest BCUT2D eigenvalue weighted by molar-refractivity contribution is -0.128. The molecule has 0 spiro atoms. The van der Waals surface area contributed by atoms with Gasteiger partial charge in [0.1, 0.15) is 29.2 Å². The van der Waals surface area contributed by atoms with Crippen LogP contribution in [-0.2, 0) is 21.2 Å². The molecule has 2 heterocycles. The van der Waals surface area contributed by atoms with Gasteiger partial charge >= 0.3 is 15.9 Å². The molecule has 1 fully saturated rings. The molecular formula is C37H46F2N3O7S+. The third-order valence-electron chi connectivity index (χ3n) is 9.57. The molecule has 1 amide bonds. The molecule has 0 bridgehead atoms. The van der Waals surface area contributed by atoms with Gasteiger partial charge in [-0.15, -0.1) is 3.89 Å². The van der Waals surface area contributed by atoms with Gasteiger partial charge in [0.15, 0.2) is 17.2 Å². The second kappa shape index (κ2) is 15.5. The van der Waals surface area contributed by atoms with Crippen LogP contribution in [0.1, 0.15) is 37.8 Å². The molecule has 2 atom stereocenters. The molecule has 5 rings (SSSR count). The summed E-state index contributed by atoms with van der Waals surface area (Å²) in [4.78, 5) is 18.5. The second-order valence-electron chi connectivity index (χ2n) is 12.8. The lowest BCUT2D eigenvalue weighted by atomic mass is 9.97. The van der Waals surface area contributed by atoms with Crippen LogP contribution in [0.3, 0.4) is 0 Å². The Bertz CT molecular complexity index is 1820. The van der Waals surface area contributed by atoms with E-state index in [0.717, 1.165) is 62.9 Å². The van der Waals surface area contributed by atoms with Crippen LogP contribution in [0.4, 0.5) is 14.5 Å². The van der Waals surface area contributed by atoms with Crippen molar-refractivity contribution in [2.75, 3.05) is 67.2 Å². The molecule has 10 nitrogen and oxygen atoms in total. The lowest BCUT2D eigenvalue weighted by Crippen LogP contribution is -2.65. The number of nitrogens with zero attached hydrogens (tertiary/aromatic N) is 3. The summed E-state index contributed by atoms with van der Waals surface area (Å²) in [7, 11) is 0.238. The van der Waals surface area contributed by atoms with Crippen molar-refractivity contribution < 1.29 is 40.9 Å². The Labute approximate surface area is 293 Å². The third-order valence-corrected chi connectivity index (χ3v) is 12.0. The van der Waals surface area contributed by atoms with Crippen molar-refractivity contribution in [3.8, 4) is 23.0 Å². The molecule has 2 aliphatic heterocycles. The maximum absolute atomic E-state index is 14.8. The van der Waals surface area contributed by atoms with E-state index in [1.54, 1.807) is 42.1 Å². The van der Waals surface area contributed by atoms with E-state index in [1.165, 1.54) is 18.2 Å². The molecule has 0 radical (unpaired) electrons. The lowest BCUT2D eigenvalue weighted by Gasteiger charge is -2.42. The molecule has 0 saturated carbocycles. The van der Waals surface area contributed by atoms with E-state index in [2.05, 4.69) is 9.80 Å². The van der Waals surface area contributed by atoms with E-state index in [1.807, 2.05) is 24.3 Å². The predicted molar refractivity (Wildman–Crippen MR) is 188 cm³/mol. The smallest absolute Gasteiger partial charge is 0.341 e. The molecule has 0 aromatic heterocycles. The first-order valence-electron chi connectivity index (χ1n) is 16.7. The summed E-state index contributed by atoms with van der Waals surface area (Å²) in [6.07, 6.45) is 4.64. The summed E-state index contributed by atoms with van der Waals surface area (Å²) in [6.45, 7) is 10.00. The van der Waals surface area contributed by atoms with E-state index in [0.29, 0.717) is 23.8 Å². The van der Waals surface area contributed by atoms with Gasteiger partial charge < -0.3 is 23.8 Å². The number of quaternary nitrogens is 1. The second-order valence-corrected chi connectivity index (χ2v) is 14.8. The number of sulfonamides is 1. The standard InChI is InChI=1S/C37H46F2N3O7S/c1-25(2)42(37(43)26(3)30-11-9-29(39)24-35(30)50(42,44)45)31-23-28(38)10-12-32(31)49-20-8-7-14-40-16-18-41(19-17-40)15-13-27-21-33(46-4)36(48-6)34(22-27)47-5/h7-12,21-26H,13-20H2,1-6H3/q+1. The molecule has 0 N–H and O–H groups in total. The Hall–Kier alpha value is -4.04. The van der Waals surface area contributed by atoms with Crippen molar-refractivity contribution in [2.24, 2.45) is 0 Å². The highest BCUT2D eigenvalue weighted by Crippen LogP contribution is 2.49. The largest absolute Gasteiger partial charge is 0.493 e. The summed E-state index contributed by atoms with van der Waals surface area (Å²) in [5.41, 5.74) is 1.18. The van der Waals surface area contributed by atoms with Gasteiger partial charge in [-0.1, -0.05) is 18.2 Å². The summed E-state index contributed by atoms with van der Waals surface area (Å²) < 4.78 is 78.9. The van der Waals surface area contributed by atoms with E-state index in [4.69, 9.17) is 18.9 Å². The number of benzene rings is 3. The van der Waals surface area contributed by atoms with E-state index in [-0.39, 0.29) is 28.5 Å². The van der Waals surface area contributed by atoms with Gasteiger partial charge in [-0.25, -0.2) is 13.6 Å². The normalized spacial score (nSPS) is 21.0. The summed E-state index contributed by atoms with van der Waals surface area (Å²) in [5.74, 6) is -1.08. The van der Waals surface area contributed by atoms with Crippen LogP contribution in [0.15, 0.2) is 65.6 Å². The molecule has 0 aliphatic carbocycles. The number of hydrogen-bond acceptors (Lipinski definition) is 9. The third kappa shape index (κ3) is 6.96. The zero-order valence-electron chi connectivity index (χ0n) is 29.4. The molecule has 3 aromatic carbocycles. The van der Waals surface area contributed by atoms with Crippen LogP contribution >= 0.6 is 0 Å². The molecule has 270 valence electrons. The van der Waals surface area contributed by atoms with E-state index in [9.17, 15) is 22.0 Å². The number of methoxy groups -OCH3 is 3. The molecular weight excluding hydrogens is 668 g/mol. The molecule has 3 aromatic rings. The first-order valence-corrected chi connectivity index (χ1v) is 18.1. The van der Waals surface area contributed by atoms with Crippen LogP contribution in [-0.4, -0.2) is 97.4 Å². The maximum atomic E-state index is 14.8. The quantitative estimate of drug-likeness (QED) is 0.167. The van der Waals surface area contributed by atoms with Gasteiger partial charge in [-0.05, 0) is 74.7 Å². The number of rotatable bonds is 13. The number of hydrogen-bond donors (Lipinski definition) is 0. The average Bonchev–Trinajstić information content (AvgIpc) is 3.10. The van der Waals surface area contributed by atoms with E-state index < -0.39 is 43.4 Å². The van der Waals surface area contributed by atoms with Gasteiger partial charge in [0.2, 0.25) is 11.4 Å².